The minimum Gasteiger partial charge on any atom is -0.388 e. The number of aliphatic imine (C=N–C) groups is 1. The van der Waals surface area contributed by atoms with Crippen molar-refractivity contribution in [3.63, 3.8) is 0 Å². The first-order chi connectivity index (χ1) is 10.0. The van der Waals surface area contributed by atoms with Crippen molar-refractivity contribution in [3.05, 3.63) is 15.6 Å². The number of hydrogen-bond donors (Lipinski definition) is 3. The Morgan fingerprint density at radius 3 is 2.62 bits per heavy atom. The third-order valence-corrected chi connectivity index (χ3v) is 5.18. The quantitative estimate of drug-likeness (QED) is 0.573. The Balaban J connectivity index is 1.72. The minimum absolute atomic E-state index is 0.554. The maximum absolute atomic E-state index is 10.3. The molecule has 0 amide bonds. The van der Waals surface area contributed by atoms with Gasteiger partial charge >= 0.3 is 0 Å². The summed E-state index contributed by atoms with van der Waals surface area (Å²) in [6.45, 7) is 5.52. The van der Waals surface area contributed by atoms with Crippen LogP contribution in [0.15, 0.2) is 4.99 Å². The van der Waals surface area contributed by atoms with E-state index in [1.165, 1.54) is 4.88 Å². The second kappa shape index (κ2) is 7.22. The molecule has 0 radical (unpaired) electrons. The Bertz CT molecular complexity index is 472. The molecule has 0 bridgehead atoms. The molecule has 118 valence electrons. The van der Waals surface area contributed by atoms with Gasteiger partial charge in [0.15, 0.2) is 5.96 Å². The number of aromatic nitrogens is 1. The van der Waals surface area contributed by atoms with Crippen molar-refractivity contribution in [1.29, 1.82) is 0 Å². The van der Waals surface area contributed by atoms with E-state index in [9.17, 15) is 5.11 Å². The van der Waals surface area contributed by atoms with E-state index < -0.39 is 5.60 Å². The lowest BCUT2D eigenvalue weighted by Gasteiger charge is -2.23. The SMILES string of the molecule is CN=C(NCCc1nc(C)c(C)s1)NCC1(O)CCCC1. The molecular formula is C15H26N4OS. The summed E-state index contributed by atoms with van der Waals surface area (Å²) in [6, 6.07) is 0. The van der Waals surface area contributed by atoms with E-state index in [1.54, 1.807) is 18.4 Å². The van der Waals surface area contributed by atoms with Gasteiger partial charge in [-0.2, -0.15) is 0 Å². The predicted octanol–water partition coefficient (Wildman–Crippen LogP) is 1.77. The fourth-order valence-corrected chi connectivity index (χ4v) is 3.55. The summed E-state index contributed by atoms with van der Waals surface area (Å²) in [5.41, 5.74) is 0.571. The van der Waals surface area contributed by atoms with Gasteiger partial charge in [-0.15, -0.1) is 11.3 Å². The number of aliphatic hydroxyl groups is 1. The lowest BCUT2D eigenvalue weighted by atomic mass is 10.0. The molecule has 2 rings (SSSR count). The lowest BCUT2D eigenvalue weighted by molar-refractivity contribution is 0.0522. The third kappa shape index (κ3) is 4.68. The standard InChI is InChI=1S/C15H26N4OS/c1-11-12(2)21-13(19-11)6-9-17-14(16-3)18-10-15(20)7-4-5-8-15/h20H,4-10H2,1-3H3,(H2,16,17,18). The van der Waals surface area contributed by atoms with E-state index in [0.717, 1.165) is 55.3 Å². The van der Waals surface area contributed by atoms with E-state index in [4.69, 9.17) is 0 Å². The van der Waals surface area contributed by atoms with Gasteiger partial charge in [-0.3, -0.25) is 4.99 Å². The highest BCUT2D eigenvalue weighted by molar-refractivity contribution is 7.11. The number of guanidine groups is 1. The van der Waals surface area contributed by atoms with Gasteiger partial charge in [0.25, 0.3) is 0 Å². The van der Waals surface area contributed by atoms with E-state index in [-0.39, 0.29) is 0 Å². The van der Waals surface area contributed by atoms with E-state index >= 15 is 0 Å². The summed E-state index contributed by atoms with van der Waals surface area (Å²) in [5.74, 6) is 0.750. The van der Waals surface area contributed by atoms with E-state index in [2.05, 4.69) is 27.5 Å². The molecule has 6 heteroatoms. The summed E-state index contributed by atoms with van der Waals surface area (Å²) in [5, 5.41) is 18.0. The molecule has 1 saturated carbocycles. The normalized spacial score (nSPS) is 18.0. The number of thiazole rings is 1. The molecule has 1 aromatic rings. The van der Waals surface area contributed by atoms with Crippen molar-refractivity contribution in [2.45, 2.75) is 51.6 Å². The van der Waals surface area contributed by atoms with Crippen molar-refractivity contribution in [3.8, 4) is 0 Å². The number of rotatable bonds is 5. The van der Waals surface area contributed by atoms with Crippen molar-refractivity contribution in [1.82, 2.24) is 15.6 Å². The van der Waals surface area contributed by atoms with Crippen LogP contribution in [0.25, 0.3) is 0 Å². The molecule has 0 spiro atoms. The van der Waals surface area contributed by atoms with Crippen molar-refractivity contribution >= 4 is 17.3 Å². The zero-order valence-corrected chi connectivity index (χ0v) is 14.0. The predicted molar refractivity (Wildman–Crippen MR) is 88.1 cm³/mol. The van der Waals surface area contributed by atoms with Gasteiger partial charge in [0.1, 0.15) is 0 Å². The number of hydrogen-bond acceptors (Lipinski definition) is 4. The largest absolute Gasteiger partial charge is 0.388 e. The molecule has 1 aliphatic carbocycles. The fraction of sp³-hybridized carbons (Fsp3) is 0.733. The summed E-state index contributed by atoms with van der Waals surface area (Å²) in [6.07, 6.45) is 4.90. The first-order valence-corrected chi connectivity index (χ1v) is 8.44. The zero-order chi connectivity index (χ0) is 15.3. The highest BCUT2D eigenvalue weighted by Gasteiger charge is 2.30. The van der Waals surface area contributed by atoms with Gasteiger partial charge in [0.2, 0.25) is 0 Å². The Labute approximate surface area is 130 Å². The second-order valence-electron chi connectivity index (χ2n) is 5.78. The Kier molecular flexibility index (Phi) is 5.58. The minimum atomic E-state index is -0.554. The van der Waals surface area contributed by atoms with Crippen LogP contribution in [0.2, 0.25) is 0 Å². The van der Waals surface area contributed by atoms with Crippen LogP contribution in [0.3, 0.4) is 0 Å². The monoisotopic (exact) mass is 310 g/mol. The van der Waals surface area contributed by atoms with E-state index in [1.807, 2.05) is 6.92 Å². The van der Waals surface area contributed by atoms with Gasteiger partial charge in [-0.05, 0) is 26.7 Å². The molecule has 0 aliphatic heterocycles. The zero-order valence-electron chi connectivity index (χ0n) is 13.2. The molecular weight excluding hydrogens is 284 g/mol. The van der Waals surface area contributed by atoms with Crippen LogP contribution < -0.4 is 10.6 Å². The van der Waals surface area contributed by atoms with Crippen LogP contribution in [0.5, 0.6) is 0 Å². The van der Waals surface area contributed by atoms with E-state index in [0.29, 0.717) is 6.54 Å². The van der Waals surface area contributed by atoms with Gasteiger partial charge in [-0.25, -0.2) is 4.98 Å². The fourth-order valence-electron chi connectivity index (χ4n) is 2.61. The van der Waals surface area contributed by atoms with Crippen molar-refractivity contribution in [2.75, 3.05) is 20.1 Å². The first kappa shape index (κ1) is 16.2. The van der Waals surface area contributed by atoms with Crippen LogP contribution in [-0.4, -0.2) is 41.8 Å². The first-order valence-electron chi connectivity index (χ1n) is 7.62. The van der Waals surface area contributed by atoms with Crippen molar-refractivity contribution < 1.29 is 5.11 Å². The molecule has 3 N–H and O–H groups in total. The van der Waals surface area contributed by atoms with Crippen LogP contribution in [0.4, 0.5) is 0 Å². The molecule has 0 atom stereocenters. The van der Waals surface area contributed by atoms with Crippen molar-refractivity contribution in [2.24, 2.45) is 4.99 Å². The third-order valence-electron chi connectivity index (χ3n) is 4.05. The smallest absolute Gasteiger partial charge is 0.191 e. The topological polar surface area (TPSA) is 69.5 Å². The summed E-state index contributed by atoms with van der Waals surface area (Å²) in [7, 11) is 1.76. The molecule has 0 unspecified atom stereocenters. The molecule has 1 aliphatic rings. The van der Waals surface area contributed by atoms with Crippen LogP contribution in [0.1, 0.15) is 41.3 Å². The maximum Gasteiger partial charge on any atom is 0.191 e. The molecule has 0 saturated heterocycles. The highest BCUT2D eigenvalue weighted by atomic mass is 32.1. The average Bonchev–Trinajstić information content (AvgIpc) is 3.01. The molecule has 21 heavy (non-hydrogen) atoms. The maximum atomic E-state index is 10.3. The number of nitrogens with one attached hydrogen (secondary N) is 2. The molecule has 1 fully saturated rings. The Hall–Kier alpha value is -1.14. The lowest BCUT2D eigenvalue weighted by Crippen LogP contribution is -2.46. The summed E-state index contributed by atoms with van der Waals surface area (Å²) < 4.78 is 0. The van der Waals surface area contributed by atoms with Crippen LogP contribution >= 0.6 is 11.3 Å². The van der Waals surface area contributed by atoms with Gasteiger partial charge in [0.05, 0.1) is 16.3 Å². The summed E-state index contributed by atoms with van der Waals surface area (Å²) >= 11 is 1.76. The second-order valence-corrected chi connectivity index (χ2v) is 7.07. The van der Waals surface area contributed by atoms with Gasteiger partial charge < -0.3 is 15.7 Å². The van der Waals surface area contributed by atoms with Crippen LogP contribution in [0, 0.1) is 13.8 Å². The molecule has 1 heterocycles. The molecule has 1 aromatic heterocycles. The van der Waals surface area contributed by atoms with Gasteiger partial charge in [0, 0.05) is 31.4 Å². The van der Waals surface area contributed by atoms with Gasteiger partial charge in [-0.1, -0.05) is 12.8 Å². The Morgan fingerprint density at radius 2 is 2.05 bits per heavy atom. The summed E-state index contributed by atoms with van der Waals surface area (Å²) in [4.78, 5) is 10.0. The molecule has 0 aromatic carbocycles. The van der Waals surface area contributed by atoms with Crippen LogP contribution in [-0.2, 0) is 6.42 Å². The highest BCUT2D eigenvalue weighted by Crippen LogP contribution is 2.28. The Morgan fingerprint density at radius 1 is 1.33 bits per heavy atom. The number of nitrogens with zero attached hydrogens (tertiary/aromatic N) is 2. The average molecular weight is 310 g/mol. The number of aryl methyl sites for hydroxylation is 2. The molecule has 5 nitrogen and oxygen atoms in total.